The summed E-state index contributed by atoms with van der Waals surface area (Å²) < 4.78 is 40.9. The van der Waals surface area contributed by atoms with Gasteiger partial charge in [0, 0.05) is 35.3 Å². The highest BCUT2D eigenvalue weighted by molar-refractivity contribution is 5.78. The normalized spacial score (nSPS) is 11.4. The van der Waals surface area contributed by atoms with Crippen molar-refractivity contribution in [3.8, 4) is 16.9 Å². The van der Waals surface area contributed by atoms with Crippen molar-refractivity contribution in [2.24, 2.45) is 0 Å². The van der Waals surface area contributed by atoms with Gasteiger partial charge in [0.15, 0.2) is 6.61 Å². The van der Waals surface area contributed by atoms with Crippen molar-refractivity contribution >= 4 is 5.69 Å². The molecule has 0 aliphatic heterocycles. The number of rotatable bonds is 3. The highest BCUT2D eigenvalue weighted by Gasteiger charge is 2.28. The molecule has 1 aromatic heterocycles. The first kappa shape index (κ1) is 14.2. The van der Waals surface area contributed by atoms with E-state index in [1.54, 1.807) is 18.5 Å². The van der Waals surface area contributed by atoms with Gasteiger partial charge in [0.05, 0.1) is 0 Å². The third-order valence-corrected chi connectivity index (χ3v) is 2.75. The van der Waals surface area contributed by atoms with E-state index >= 15 is 0 Å². The van der Waals surface area contributed by atoms with E-state index in [1.165, 1.54) is 12.1 Å². The van der Waals surface area contributed by atoms with Gasteiger partial charge in [-0.3, -0.25) is 4.98 Å². The van der Waals surface area contributed by atoms with E-state index in [1.807, 2.05) is 13.0 Å². The van der Waals surface area contributed by atoms with E-state index in [0.29, 0.717) is 5.69 Å². The second-order valence-electron chi connectivity index (χ2n) is 4.34. The molecule has 0 atom stereocenters. The van der Waals surface area contributed by atoms with E-state index in [9.17, 15) is 13.2 Å². The molecule has 0 saturated heterocycles. The van der Waals surface area contributed by atoms with E-state index in [-0.39, 0.29) is 5.75 Å². The van der Waals surface area contributed by atoms with E-state index in [4.69, 9.17) is 5.73 Å². The van der Waals surface area contributed by atoms with Crippen LogP contribution in [0.1, 0.15) is 5.56 Å². The summed E-state index contributed by atoms with van der Waals surface area (Å²) in [7, 11) is 0. The van der Waals surface area contributed by atoms with E-state index < -0.39 is 12.8 Å². The molecule has 106 valence electrons. The molecule has 0 fully saturated rings. The molecule has 0 saturated carbocycles. The number of aromatic nitrogens is 1. The molecule has 0 aliphatic carbocycles. The van der Waals surface area contributed by atoms with Gasteiger partial charge in [-0.2, -0.15) is 13.2 Å². The number of alkyl halides is 3. The van der Waals surface area contributed by atoms with Crippen LogP contribution in [-0.4, -0.2) is 17.8 Å². The van der Waals surface area contributed by atoms with Gasteiger partial charge in [-0.05, 0) is 30.7 Å². The predicted octanol–water partition coefficient (Wildman–Crippen LogP) is 3.58. The van der Waals surface area contributed by atoms with Crippen molar-refractivity contribution in [1.29, 1.82) is 0 Å². The first-order chi connectivity index (χ1) is 9.37. The summed E-state index contributed by atoms with van der Waals surface area (Å²) in [6, 6.07) is 6.31. The van der Waals surface area contributed by atoms with Crippen molar-refractivity contribution in [1.82, 2.24) is 4.98 Å². The minimum Gasteiger partial charge on any atom is -0.484 e. The van der Waals surface area contributed by atoms with E-state index in [0.717, 1.165) is 16.7 Å². The van der Waals surface area contributed by atoms with Crippen molar-refractivity contribution in [3.05, 3.63) is 42.2 Å². The molecule has 0 aliphatic rings. The smallest absolute Gasteiger partial charge is 0.422 e. The van der Waals surface area contributed by atoms with Gasteiger partial charge in [0.25, 0.3) is 0 Å². The third-order valence-electron chi connectivity index (χ3n) is 2.75. The number of aryl methyl sites for hydroxylation is 1. The van der Waals surface area contributed by atoms with Crippen LogP contribution in [0, 0.1) is 6.92 Å². The quantitative estimate of drug-likeness (QED) is 0.875. The standard InChI is InChI=1S/C14H13F3N2O/c1-9-4-5-19-7-12(9)11-3-2-10(6-13(11)18)20-8-14(15,16)17/h2-7H,8,18H2,1H3. The van der Waals surface area contributed by atoms with Crippen LogP contribution in [0.3, 0.4) is 0 Å². The number of pyridine rings is 1. The lowest BCUT2D eigenvalue weighted by molar-refractivity contribution is -0.153. The van der Waals surface area contributed by atoms with Crippen LogP contribution >= 0.6 is 0 Å². The maximum absolute atomic E-state index is 12.1. The van der Waals surface area contributed by atoms with Crippen molar-refractivity contribution in [3.63, 3.8) is 0 Å². The molecular formula is C14H13F3N2O. The van der Waals surface area contributed by atoms with Gasteiger partial charge in [-0.15, -0.1) is 0 Å². The Kier molecular flexibility index (Phi) is 3.83. The van der Waals surface area contributed by atoms with Gasteiger partial charge in [0.2, 0.25) is 0 Å². The zero-order chi connectivity index (χ0) is 14.8. The molecule has 2 aromatic rings. The van der Waals surface area contributed by atoms with Crippen LogP contribution in [0.4, 0.5) is 18.9 Å². The molecule has 20 heavy (non-hydrogen) atoms. The van der Waals surface area contributed by atoms with Crippen LogP contribution in [-0.2, 0) is 0 Å². The van der Waals surface area contributed by atoms with Crippen molar-refractivity contribution < 1.29 is 17.9 Å². The monoisotopic (exact) mass is 282 g/mol. The van der Waals surface area contributed by atoms with Crippen molar-refractivity contribution in [2.45, 2.75) is 13.1 Å². The molecule has 0 spiro atoms. The van der Waals surface area contributed by atoms with Gasteiger partial charge >= 0.3 is 6.18 Å². The minimum absolute atomic E-state index is 0.0881. The third kappa shape index (κ3) is 3.40. The molecule has 1 heterocycles. The Bertz CT molecular complexity index is 612. The summed E-state index contributed by atoms with van der Waals surface area (Å²) in [5.74, 6) is 0.0881. The number of hydrogen-bond acceptors (Lipinski definition) is 3. The summed E-state index contributed by atoms with van der Waals surface area (Å²) in [5.41, 5.74) is 8.76. The summed E-state index contributed by atoms with van der Waals surface area (Å²) in [6.45, 7) is 0.572. The first-order valence-corrected chi connectivity index (χ1v) is 5.87. The predicted molar refractivity (Wildman–Crippen MR) is 70.4 cm³/mol. The highest BCUT2D eigenvalue weighted by atomic mass is 19.4. The Labute approximate surface area is 114 Å². The maximum Gasteiger partial charge on any atom is 0.422 e. The number of benzene rings is 1. The molecule has 0 unspecified atom stereocenters. The largest absolute Gasteiger partial charge is 0.484 e. The maximum atomic E-state index is 12.1. The second kappa shape index (κ2) is 5.40. The number of nitrogen functional groups attached to an aromatic ring is 1. The van der Waals surface area contributed by atoms with Gasteiger partial charge in [-0.25, -0.2) is 0 Å². The number of halogens is 3. The molecule has 6 heteroatoms. The van der Waals surface area contributed by atoms with Gasteiger partial charge in [0.1, 0.15) is 5.75 Å². The average molecular weight is 282 g/mol. The van der Waals surface area contributed by atoms with Crippen LogP contribution in [0.5, 0.6) is 5.75 Å². The number of ether oxygens (including phenoxy) is 1. The topological polar surface area (TPSA) is 48.1 Å². The Morgan fingerprint density at radius 1 is 1.20 bits per heavy atom. The Morgan fingerprint density at radius 3 is 2.55 bits per heavy atom. The van der Waals surface area contributed by atoms with Crippen LogP contribution in [0.15, 0.2) is 36.7 Å². The molecule has 1 aromatic carbocycles. The Morgan fingerprint density at radius 2 is 1.95 bits per heavy atom. The minimum atomic E-state index is -4.37. The number of nitrogens with two attached hydrogens (primary N) is 1. The number of nitrogens with zero attached hydrogens (tertiary/aromatic N) is 1. The Hall–Kier alpha value is -2.24. The van der Waals surface area contributed by atoms with Gasteiger partial charge < -0.3 is 10.5 Å². The number of anilines is 1. The van der Waals surface area contributed by atoms with Crippen LogP contribution < -0.4 is 10.5 Å². The SMILES string of the molecule is Cc1ccncc1-c1ccc(OCC(F)(F)F)cc1N. The lowest BCUT2D eigenvalue weighted by atomic mass is 10.0. The molecule has 0 radical (unpaired) electrons. The fourth-order valence-corrected chi connectivity index (χ4v) is 1.79. The zero-order valence-corrected chi connectivity index (χ0v) is 10.7. The molecule has 3 nitrogen and oxygen atoms in total. The Balaban J connectivity index is 2.25. The van der Waals surface area contributed by atoms with E-state index in [2.05, 4.69) is 9.72 Å². The summed E-state index contributed by atoms with van der Waals surface area (Å²) in [5, 5.41) is 0. The fraction of sp³-hybridized carbons (Fsp3) is 0.214. The highest BCUT2D eigenvalue weighted by Crippen LogP contribution is 2.31. The molecule has 2 rings (SSSR count). The first-order valence-electron chi connectivity index (χ1n) is 5.87. The fourth-order valence-electron chi connectivity index (χ4n) is 1.79. The number of hydrogen-bond donors (Lipinski definition) is 1. The molecule has 0 bridgehead atoms. The molecule has 2 N–H and O–H groups in total. The summed E-state index contributed by atoms with van der Waals surface area (Å²) >= 11 is 0. The lowest BCUT2D eigenvalue weighted by Crippen LogP contribution is -2.19. The van der Waals surface area contributed by atoms with Crippen LogP contribution in [0.2, 0.25) is 0 Å². The average Bonchev–Trinajstić information content (AvgIpc) is 2.37. The van der Waals surface area contributed by atoms with Crippen molar-refractivity contribution in [2.75, 3.05) is 12.3 Å². The lowest BCUT2D eigenvalue weighted by Gasteiger charge is -2.12. The molecular weight excluding hydrogens is 269 g/mol. The summed E-state index contributed by atoms with van der Waals surface area (Å²) in [4.78, 5) is 4.02. The second-order valence-corrected chi connectivity index (χ2v) is 4.34. The zero-order valence-electron chi connectivity index (χ0n) is 10.7. The molecule has 0 amide bonds. The summed E-state index contributed by atoms with van der Waals surface area (Å²) in [6.07, 6.45) is -1.04. The van der Waals surface area contributed by atoms with Crippen LogP contribution in [0.25, 0.3) is 11.1 Å². The van der Waals surface area contributed by atoms with Gasteiger partial charge in [-0.1, -0.05) is 0 Å².